The molecule has 25 heavy (non-hydrogen) atoms. The van der Waals surface area contributed by atoms with Gasteiger partial charge >= 0.3 is 0 Å². The standard InChI is InChI=1S/C19H27N5O/c1-13-17(22-23-24(13)14-9-11-20-12-10-14)18(25)21-16-8-6-5-7-15(16)19(2,3)4/h5-8,14,20H,9-12H2,1-4H3,(H,21,25). The molecule has 134 valence electrons. The third-order valence-corrected chi connectivity index (χ3v) is 4.78. The molecule has 6 nitrogen and oxygen atoms in total. The van der Waals surface area contributed by atoms with Crippen LogP contribution in [0.1, 0.15) is 61.4 Å². The lowest BCUT2D eigenvalue weighted by atomic mass is 9.86. The Hall–Kier alpha value is -2.21. The van der Waals surface area contributed by atoms with Gasteiger partial charge in [0.1, 0.15) is 0 Å². The summed E-state index contributed by atoms with van der Waals surface area (Å²) < 4.78 is 1.91. The van der Waals surface area contributed by atoms with Crippen molar-refractivity contribution in [1.82, 2.24) is 20.3 Å². The number of hydrogen-bond donors (Lipinski definition) is 2. The predicted octanol–water partition coefficient (Wildman–Crippen LogP) is 3.06. The van der Waals surface area contributed by atoms with E-state index in [1.165, 1.54) is 0 Å². The van der Waals surface area contributed by atoms with E-state index in [0.29, 0.717) is 11.7 Å². The summed E-state index contributed by atoms with van der Waals surface area (Å²) in [5, 5.41) is 14.8. The Labute approximate surface area is 149 Å². The number of carbonyl (C=O) groups is 1. The fourth-order valence-electron chi connectivity index (χ4n) is 3.38. The van der Waals surface area contributed by atoms with Crippen molar-refractivity contribution in [3.63, 3.8) is 0 Å². The zero-order valence-electron chi connectivity index (χ0n) is 15.5. The summed E-state index contributed by atoms with van der Waals surface area (Å²) in [6.07, 6.45) is 2.02. The molecule has 0 atom stereocenters. The maximum atomic E-state index is 12.8. The van der Waals surface area contributed by atoms with Crippen LogP contribution in [-0.4, -0.2) is 34.0 Å². The second kappa shape index (κ2) is 6.96. The highest BCUT2D eigenvalue weighted by Gasteiger charge is 2.24. The Bertz CT molecular complexity index is 753. The smallest absolute Gasteiger partial charge is 0.278 e. The summed E-state index contributed by atoms with van der Waals surface area (Å²) >= 11 is 0. The van der Waals surface area contributed by atoms with Crippen molar-refractivity contribution >= 4 is 11.6 Å². The third-order valence-electron chi connectivity index (χ3n) is 4.78. The molecule has 6 heteroatoms. The topological polar surface area (TPSA) is 71.8 Å². The molecule has 0 unspecified atom stereocenters. The summed E-state index contributed by atoms with van der Waals surface area (Å²) in [6, 6.07) is 8.23. The number of piperidine rings is 1. The number of carbonyl (C=O) groups excluding carboxylic acids is 1. The lowest BCUT2D eigenvalue weighted by Crippen LogP contribution is -2.30. The fraction of sp³-hybridized carbons (Fsp3) is 0.526. The number of benzene rings is 1. The van der Waals surface area contributed by atoms with Crippen molar-refractivity contribution in [2.75, 3.05) is 18.4 Å². The van der Waals surface area contributed by atoms with Gasteiger partial charge in [-0.1, -0.05) is 44.2 Å². The molecular weight excluding hydrogens is 314 g/mol. The van der Waals surface area contributed by atoms with Crippen molar-refractivity contribution in [2.24, 2.45) is 0 Å². The Morgan fingerprint density at radius 2 is 1.92 bits per heavy atom. The molecule has 2 N–H and O–H groups in total. The molecule has 0 spiro atoms. The zero-order chi connectivity index (χ0) is 18.0. The highest BCUT2D eigenvalue weighted by Crippen LogP contribution is 2.29. The van der Waals surface area contributed by atoms with Crippen molar-refractivity contribution in [2.45, 2.75) is 52.0 Å². The lowest BCUT2D eigenvalue weighted by molar-refractivity contribution is 0.102. The highest BCUT2D eigenvalue weighted by atomic mass is 16.2. The van der Waals surface area contributed by atoms with Gasteiger partial charge in [0.15, 0.2) is 5.69 Å². The van der Waals surface area contributed by atoms with Gasteiger partial charge in [0.25, 0.3) is 5.91 Å². The van der Waals surface area contributed by atoms with Gasteiger partial charge in [-0.3, -0.25) is 4.79 Å². The zero-order valence-corrected chi connectivity index (χ0v) is 15.5. The molecule has 1 amide bonds. The van der Waals surface area contributed by atoms with E-state index in [1.807, 2.05) is 35.9 Å². The minimum absolute atomic E-state index is 0.0500. The van der Waals surface area contributed by atoms with Gasteiger partial charge in [-0.25, -0.2) is 4.68 Å². The number of nitrogens with one attached hydrogen (secondary N) is 2. The maximum Gasteiger partial charge on any atom is 0.278 e. The average molecular weight is 341 g/mol. The minimum atomic E-state index is -0.200. The molecule has 1 aliphatic heterocycles. The second-order valence-electron chi connectivity index (χ2n) is 7.70. The molecule has 1 aliphatic rings. The monoisotopic (exact) mass is 341 g/mol. The number of para-hydroxylation sites is 1. The van der Waals surface area contributed by atoms with Gasteiger partial charge in [-0.15, -0.1) is 5.10 Å². The van der Waals surface area contributed by atoms with Crippen LogP contribution in [0, 0.1) is 6.92 Å². The number of aromatic nitrogens is 3. The molecule has 0 radical (unpaired) electrons. The molecule has 0 saturated carbocycles. The van der Waals surface area contributed by atoms with E-state index >= 15 is 0 Å². The molecule has 1 aromatic carbocycles. The van der Waals surface area contributed by atoms with Gasteiger partial charge in [-0.2, -0.15) is 0 Å². The normalized spacial score (nSPS) is 16.0. The lowest BCUT2D eigenvalue weighted by Gasteiger charge is -2.23. The van der Waals surface area contributed by atoms with Crippen LogP contribution < -0.4 is 10.6 Å². The van der Waals surface area contributed by atoms with E-state index in [4.69, 9.17) is 0 Å². The van der Waals surface area contributed by atoms with Crippen LogP contribution >= 0.6 is 0 Å². The summed E-state index contributed by atoms with van der Waals surface area (Å²) in [7, 11) is 0. The van der Waals surface area contributed by atoms with E-state index in [0.717, 1.165) is 42.9 Å². The number of rotatable bonds is 3. The molecule has 1 saturated heterocycles. The first kappa shape index (κ1) is 17.6. The summed E-state index contributed by atoms with van der Waals surface area (Å²) in [5.41, 5.74) is 3.12. The summed E-state index contributed by atoms with van der Waals surface area (Å²) in [6.45, 7) is 10.3. The molecule has 1 fully saturated rings. The van der Waals surface area contributed by atoms with Crippen LogP contribution in [0.5, 0.6) is 0 Å². The van der Waals surface area contributed by atoms with Gasteiger partial charge in [0.05, 0.1) is 11.7 Å². The molecule has 2 heterocycles. The van der Waals surface area contributed by atoms with Crippen molar-refractivity contribution in [1.29, 1.82) is 0 Å². The van der Waals surface area contributed by atoms with Gasteiger partial charge < -0.3 is 10.6 Å². The second-order valence-corrected chi connectivity index (χ2v) is 7.70. The van der Waals surface area contributed by atoms with Crippen LogP contribution in [0.25, 0.3) is 0 Å². The van der Waals surface area contributed by atoms with Crippen LogP contribution in [0.15, 0.2) is 24.3 Å². The van der Waals surface area contributed by atoms with Crippen LogP contribution in [-0.2, 0) is 5.41 Å². The first-order valence-corrected chi connectivity index (χ1v) is 8.91. The SMILES string of the molecule is Cc1c(C(=O)Nc2ccccc2C(C)(C)C)nnn1C1CCNCC1. The highest BCUT2D eigenvalue weighted by molar-refractivity contribution is 6.04. The Morgan fingerprint density at radius 1 is 1.24 bits per heavy atom. The van der Waals surface area contributed by atoms with E-state index in [-0.39, 0.29) is 11.3 Å². The quantitative estimate of drug-likeness (QED) is 0.900. The molecule has 0 bridgehead atoms. The number of nitrogens with zero attached hydrogens (tertiary/aromatic N) is 3. The molecular formula is C19H27N5O. The average Bonchev–Trinajstić information content (AvgIpc) is 2.97. The van der Waals surface area contributed by atoms with Crippen LogP contribution in [0.3, 0.4) is 0 Å². The van der Waals surface area contributed by atoms with Crippen molar-refractivity contribution in [3.8, 4) is 0 Å². The first-order chi connectivity index (χ1) is 11.9. The Morgan fingerprint density at radius 3 is 2.60 bits per heavy atom. The van der Waals surface area contributed by atoms with Crippen molar-refractivity contribution in [3.05, 3.63) is 41.2 Å². The van der Waals surface area contributed by atoms with E-state index < -0.39 is 0 Å². The Balaban J connectivity index is 1.82. The van der Waals surface area contributed by atoms with Crippen LogP contribution in [0.2, 0.25) is 0 Å². The van der Waals surface area contributed by atoms with Gasteiger partial charge in [0.2, 0.25) is 0 Å². The van der Waals surface area contributed by atoms with Crippen LogP contribution in [0.4, 0.5) is 5.69 Å². The fourth-order valence-corrected chi connectivity index (χ4v) is 3.38. The van der Waals surface area contributed by atoms with Crippen molar-refractivity contribution < 1.29 is 4.79 Å². The number of amides is 1. The van der Waals surface area contributed by atoms with E-state index in [9.17, 15) is 4.79 Å². The third kappa shape index (κ3) is 3.74. The maximum absolute atomic E-state index is 12.8. The molecule has 0 aliphatic carbocycles. The predicted molar refractivity (Wildman–Crippen MR) is 99.0 cm³/mol. The number of anilines is 1. The van der Waals surface area contributed by atoms with Gasteiger partial charge in [-0.05, 0) is 49.9 Å². The minimum Gasteiger partial charge on any atom is -0.320 e. The van der Waals surface area contributed by atoms with E-state index in [1.54, 1.807) is 0 Å². The van der Waals surface area contributed by atoms with Gasteiger partial charge in [0, 0.05) is 5.69 Å². The number of hydrogen-bond acceptors (Lipinski definition) is 4. The molecule has 1 aromatic heterocycles. The molecule has 3 rings (SSSR count). The Kier molecular flexibility index (Phi) is 4.90. The largest absolute Gasteiger partial charge is 0.320 e. The first-order valence-electron chi connectivity index (χ1n) is 8.91. The van der Waals surface area contributed by atoms with E-state index in [2.05, 4.69) is 41.7 Å². The molecule has 2 aromatic rings. The summed E-state index contributed by atoms with van der Waals surface area (Å²) in [4.78, 5) is 12.8. The summed E-state index contributed by atoms with van der Waals surface area (Å²) in [5.74, 6) is -0.200.